The Labute approximate surface area is 144 Å². The van der Waals surface area contributed by atoms with Crippen molar-refractivity contribution < 1.29 is 9.53 Å². The quantitative estimate of drug-likeness (QED) is 0.807. The molecule has 1 heterocycles. The number of nitrogens with zero attached hydrogens (tertiary/aromatic N) is 1. The zero-order valence-corrected chi connectivity index (χ0v) is 14.4. The lowest BCUT2D eigenvalue weighted by Crippen LogP contribution is -2.31. The van der Waals surface area contributed by atoms with Gasteiger partial charge in [0.25, 0.3) is 0 Å². The summed E-state index contributed by atoms with van der Waals surface area (Å²) < 4.78 is 5.23. The molecule has 2 aromatic rings. The predicted molar refractivity (Wildman–Crippen MR) is 96.2 cm³/mol. The molecule has 2 aromatic carbocycles. The van der Waals surface area contributed by atoms with Crippen molar-refractivity contribution in [1.29, 1.82) is 0 Å². The van der Waals surface area contributed by atoms with Crippen molar-refractivity contribution in [3.8, 4) is 5.75 Å². The monoisotopic (exact) mass is 323 g/mol. The van der Waals surface area contributed by atoms with Gasteiger partial charge in [-0.1, -0.05) is 49.4 Å². The van der Waals surface area contributed by atoms with Gasteiger partial charge in [0.15, 0.2) is 0 Å². The third-order valence-corrected chi connectivity index (χ3v) is 4.92. The minimum absolute atomic E-state index is 0.200. The van der Waals surface area contributed by atoms with E-state index in [0.29, 0.717) is 6.42 Å². The van der Waals surface area contributed by atoms with Crippen LogP contribution in [0.1, 0.15) is 49.3 Å². The summed E-state index contributed by atoms with van der Waals surface area (Å²) in [7, 11) is 1.67. The van der Waals surface area contributed by atoms with Gasteiger partial charge >= 0.3 is 0 Å². The van der Waals surface area contributed by atoms with Crippen LogP contribution >= 0.6 is 0 Å². The molecule has 0 aromatic heterocycles. The lowest BCUT2D eigenvalue weighted by atomic mass is 9.96. The molecule has 1 saturated heterocycles. The first-order valence-electron chi connectivity index (χ1n) is 8.67. The van der Waals surface area contributed by atoms with Gasteiger partial charge < -0.3 is 9.64 Å². The van der Waals surface area contributed by atoms with Crippen LogP contribution in [0.4, 0.5) is 0 Å². The molecular formula is C21H25NO2. The Morgan fingerprint density at radius 2 is 1.88 bits per heavy atom. The summed E-state index contributed by atoms with van der Waals surface area (Å²) in [5, 5.41) is 0. The van der Waals surface area contributed by atoms with Crippen molar-refractivity contribution in [3.05, 3.63) is 65.7 Å². The molecule has 0 saturated carbocycles. The van der Waals surface area contributed by atoms with Crippen LogP contribution in [0, 0.1) is 0 Å². The second-order valence-corrected chi connectivity index (χ2v) is 6.53. The summed E-state index contributed by atoms with van der Waals surface area (Å²) in [4.78, 5) is 14.9. The predicted octanol–water partition coefficient (Wildman–Crippen LogP) is 4.55. The zero-order chi connectivity index (χ0) is 16.9. The Balaban J connectivity index is 1.69. The summed E-state index contributed by atoms with van der Waals surface area (Å²) in [6.45, 7) is 2.99. The number of carbonyl (C=O) groups excluding carboxylic acids is 1. The molecule has 3 rings (SSSR count). The average molecular weight is 323 g/mol. The number of likely N-dealkylation sites (tertiary alicyclic amines) is 1. The van der Waals surface area contributed by atoms with Crippen LogP contribution in [-0.4, -0.2) is 24.5 Å². The topological polar surface area (TPSA) is 29.5 Å². The van der Waals surface area contributed by atoms with E-state index in [2.05, 4.69) is 36.1 Å². The summed E-state index contributed by atoms with van der Waals surface area (Å²) in [5.41, 5.74) is 2.43. The van der Waals surface area contributed by atoms with Gasteiger partial charge in [0.2, 0.25) is 5.91 Å². The molecule has 2 unspecified atom stereocenters. The molecule has 3 heteroatoms. The van der Waals surface area contributed by atoms with Crippen molar-refractivity contribution in [2.24, 2.45) is 0 Å². The molecule has 0 spiro atoms. The molecule has 126 valence electrons. The molecule has 0 radical (unpaired) electrons. The van der Waals surface area contributed by atoms with Crippen LogP contribution in [0.2, 0.25) is 0 Å². The Kier molecular flexibility index (Phi) is 5.19. The Morgan fingerprint density at radius 1 is 1.17 bits per heavy atom. The lowest BCUT2D eigenvalue weighted by Gasteiger charge is -2.26. The van der Waals surface area contributed by atoms with Gasteiger partial charge in [-0.3, -0.25) is 4.79 Å². The molecule has 1 fully saturated rings. The normalized spacial score (nSPS) is 18.4. The number of carbonyl (C=O) groups is 1. The number of hydrogen-bond donors (Lipinski definition) is 0. The van der Waals surface area contributed by atoms with Gasteiger partial charge in [-0.05, 0) is 42.0 Å². The Hall–Kier alpha value is -2.29. The molecule has 1 aliphatic rings. The van der Waals surface area contributed by atoms with Crippen molar-refractivity contribution in [2.45, 2.75) is 38.1 Å². The highest BCUT2D eigenvalue weighted by atomic mass is 16.5. The Morgan fingerprint density at radius 3 is 2.54 bits per heavy atom. The van der Waals surface area contributed by atoms with E-state index < -0.39 is 0 Å². The van der Waals surface area contributed by atoms with Crippen molar-refractivity contribution >= 4 is 5.91 Å². The molecule has 1 aliphatic heterocycles. The first-order chi connectivity index (χ1) is 11.7. The molecule has 0 bridgehead atoms. The number of hydrogen-bond acceptors (Lipinski definition) is 2. The van der Waals surface area contributed by atoms with E-state index in [9.17, 15) is 4.79 Å². The van der Waals surface area contributed by atoms with Crippen LogP contribution in [0.3, 0.4) is 0 Å². The van der Waals surface area contributed by atoms with E-state index in [1.165, 1.54) is 11.1 Å². The highest BCUT2D eigenvalue weighted by molar-refractivity contribution is 5.78. The minimum atomic E-state index is 0.200. The number of benzene rings is 2. The van der Waals surface area contributed by atoms with Gasteiger partial charge in [0, 0.05) is 13.0 Å². The molecule has 0 aliphatic carbocycles. The Bertz CT molecular complexity index is 666. The van der Waals surface area contributed by atoms with Crippen LogP contribution in [0.15, 0.2) is 54.6 Å². The summed E-state index contributed by atoms with van der Waals surface area (Å²) in [5.74, 6) is 1.35. The summed E-state index contributed by atoms with van der Waals surface area (Å²) >= 11 is 0. The SMILES string of the molecule is COc1ccc(C2CCCN2C(=O)CC(C)c2ccccc2)cc1. The number of amides is 1. The van der Waals surface area contributed by atoms with Gasteiger partial charge in [0.05, 0.1) is 13.2 Å². The molecular weight excluding hydrogens is 298 g/mol. The third kappa shape index (κ3) is 3.61. The largest absolute Gasteiger partial charge is 0.497 e. The van der Waals surface area contributed by atoms with Gasteiger partial charge in [0.1, 0.15) is 5.75 Å². The van der Waals surface area contributed by atoms with Crippen molar-refractivity contribution in [1.82, 2.24) is 4.90 Å². The molecule has 24 heavy (non-hydrogen) atoms. The first kappa shape index (κ1) is 16.6. The van der Waals surface area contributed by atoms with Crippen molar-refractivity contribution in [2.75, 3.05) is 13.7 Å². The second-order valence-electron chi connectivity index (χ2n) is 6.53. The zero-order valence-electron chi connectivity index (χ0n) is 14.4. The average Bonchev–Trinajstić information content (AvgIpc) is 3.12. The van der Waals surface area contributed by atoms with E-state index in [0.717, 1.165) is 25.1 Å². The third-order valence-electron chi connectivity index (χ3n) is 4.92. The van der Waals surface area contributed by atoms with E-state index in [1.807, 2.05) is 30.3 Å². The number of methoxy groups -OCH3 is 1. The van der Waals surface area contributed by atoms with Crippen LogP contribution in [-0.2, 0) is 4.79 Å². The molecule has 1 amide bonds. The van der Waals surface area contributed by atoms with E-state index in [-0.39, 0.29) is 17.9 Å². The summed E-state index contributed by atoms with van der Waals surface area (Å²) in [6, 6.07) is 18.6. The highest BCUT2D eigenvalue weighted by Gasteiger charge is 2.30. The molecule has 2 atom stereocenters. The first-order valence-corrected chi connectivity index (χ1v) is 8.67. The van der Waals surface area contributed by atoms with Crippen LogP contribution in [0.25, 0.3) is 0 Å². The van der Waals surface area contributed by atoms with E-state index >= 15 is 0 Å². The van der Waals surface area contributed by atoms with Gasteiger partial charge in [-0.2, -0.15) is 0 Å². The van der Waals surface area contributed by atoms with Crippen LogP contribution in [0.5, 0.6) is 5.75 Å². The number of ether oxygens (including phenoxy) is 1. The fraction of sp³-hybridized carbons (Fsp3) is 0.381. The summed E-state index contributed by atoms with van der Waals surface area (Å²) in [6.07, 6.45) is 2.68. The maximum absolute atomic E-state index is 12.8. The van der Waals surface area contributed by atoms with Gasteiger partial charge in [-0.25, -0.2) is 0 Å². The van der Waals surface area contributed by atoms with Gasteiger partial charge in [-0.15, -0.1) is 0 Å². The smallest absolute Gasteiger partial charge is 0.223 e. The second kappa shape index (κ2) is 7.52. The number of rotatable bonds is 5. The van der Waals surface area contributed by atoms with Crippen LogP contribution < -0.4 is 4.74 Å². The molecule has 0 N–H and O–H groups in total. The minimum Gasteiger partial charge on any atom is -0.497 e. The fourth-order valence-corrected chi connectivity index (χ4v) is 3.52. The maximum atomic E-state index is 12.8. The van der Waals surface area contributed by atoms with E-state index in [4.69, 9.17) is 4.74 Å². The fourth-order valence-electron chi connectivity index (χ4n) is 3.52. The standard InChI is InChI=1S/C21H25NO2/c1-16(17-7-4-3-5-8-17)15-21(23)22-14-6-9-20(22)18-10-12-19(24-2)13-11-18/h3-5,7-8,10-13,16,20H,6,9,14-15H2,1-2H3. The molecule has 3 nitrogen and oxygen atoms in total. The van der Waals surface area contributed by atoms with E-state index in [1.54, 1.807) is 7.11 Å². The van der Waals surface area contributed by atoms with Crippen molar-refractivity contribution in [3.63, 3.8) is 0 Å². The lowest BCUT2D eigenvalue weighted by molar-refractivity contribution is -0.132. The maximum Gasteiger partial charge on any atom is 0.223 e. The highest BCUT2D eigenvalue weighted by Crippen LogP contribution is 2.34.